The molecule has 0 radical (unpaired) electrons. The van der Waals surface area contributed by atoms with Crippen LogP contribution in [0.25, 0.3) is 0 Å². The van der Waals surface area contributed by atoms with E-state index in [-0.39, 0.29) is 19.5 Å². The summed E-state index contributed by atoms with van der Waals surface area (Å²) in [5.74, 6) is 0. The van der Waals surface area contributed by atoms with E-state index in [1.807, 2.05) is 0 Å². The van der Waals surface area contributed by atoms with E-state index in [4.69, 9.17) is 10.8 Å². The van der Waals surface area contributed by atoms with Gasteiger partial charge in [0.15, 0.2) is 0 Å². The Balaban J connectivity index is 0. The molecule has 0 rings (SSSR count). The topological polar surface area (TPSA) is 47.7 Å². The molecule has 0 heterocycles. The van der Waals surface area contributed by atoms with E-state index in [1.54, 1.807) is 0 Å². The van der Waals surface area contributed by atoms with Crippen molar-refractivity contribution in [1.29, 1.82) is 10.8 Å². The van der Waals surface area contributed by atoms with Gasteiger partial charge in [0.25, 0.3) is 0 Å². The Morgan fingerprint density at radius 3 is 1.25 bits per heavy atom. The molecule has 0 aliphatic rings. The molecule has 0 atom stereocenters. The quantitative estimate of drug-likeness (QED) is 0.331. The maximum atomic E-state index is 5.62. The van der Waals surface area contributed by atoms with Gasteiger partial charge < -0.3 is 0 Å². The first-order chi connectivity index (χ1) is 1.41. The first-order valence-electron chi connectivity index (χ1n) is 0.500. The van der Waals surface area contributed by atoms with Gasteiger partial charge in [0.05, 0.1) is 6.01 Å². The number of hydrogen-bond acceptors (Lipinski definition) is 2. The minimum Gasteiger partial charge on any atom is -0.242 e. The Morgan fingerprint density at radius 2 is 1.25 bits per heavy atom. The predicted octanol–water partition coefficient (Wildman–Crippen LogP) is 0.315. The molecule has 2 N–H and O–H groups in total. The molecule has 0 fully saturated rings. The molecule has 18 valence electrons. The molecule has 4 heavy (non-hydrogen) atoms. The van der Waals surface area contributed by atoms with Gasteiger partial charge >= 0.3 is 0 Å². The fraction of sp³-hybridized carbons (Fsp3) is 0. The minimum atomic E-state index is 0. The zero-order valence-electron chi connectivity index (χ0n) is 2.21. The summed E-state index contributed by atoms with van der Waals surface area (Å²) in [4.78, 5) is 0. The van der Waals surface area contributed by atoms with Gasteiger partial charge in [-0.3, -0.25) is 0 Å². The van der Waals surface area contributed by atoms with E-state index in [0.29, 0.717) is 0 Å². The second-order valence-corrected chi connectivity index (χ2v) is 0.125. The fourth-order valence-electron chi connectivity index (χ4n) is 0. The van der Waals surface area contributed by atoms with Crippen LogP contribution in [-0.4, -0.2) is 6.01 Å². The molecule has 3 heteroatoms. The summed E-state index contributed by atoms with van der Waals surface area (Å²) in [5, 5.41) is 11.2. The predicted molar refractivity (Wildman–Crippen MR) is 10.4 cm³/mol. The third-order valence-electron chi connectivity index (χ3n) is 0. The van der Waals surface area contributed by atoms with Crippen LogP contribution in [0.4, 0.5) is 0 Å². The van der Waals surface area contributed by atoms with Crippen LogP contribution in [0, 0.1) is 10.8 Å². The normalized spacial score (nSPS) is 2.00. The molecule has 0 spiro atoms. The second-order valence-electron chi connectivity index (χ2n) is 0.125. The maximum Gasteiger partial charge on any atom is 0.0831 e. The average Bonchev–Trinajstić information content (AvgIpc) is 0.918. The molecule has 0 saturated carbocycles. The van der Waals surface area contributed by atoms with Gasteiger partial charge in [-0.2, -0.15) is 0 Å². The monoisotopic (exact) mass is 106 g/mol. The number of rotatable bonds is 0. The van der Waals surface area contributed by atoms with Gasteiger partial charge in [0.2, 0.25) is 0 Å². The molecule has 0 aromatic carbocycles. The van der Waals surface area contributed by atoms with E-state index in [1.165, 1.54) is 6.01 Å². The van der Waals surface area contributed by atoms with Crippen molar-refractivity contribution in [3.05, 3.63) is 0 Å². The summed E-state index contributed by atoms with van der Waals surface area (Å²) in [5.41, 5.74) is 0. The van der Waals surface area contributed by atoms with Gasteiger partial charge in [-0.25, -0.2) is 10.8 Å². The van der Waals surface area contributed by atoms with Gasteiger partial charge in [-0.15, -0.1) is 0 Å². The Labute approximate surface area is 37.0 Å². The van der Waals surface area contributed by atoms with Crippen LogP contribution in [-0.2, 0) is 19.5 Å². The molecule has 2 nitrogen and oxygen atoms in total. The largest absolute Gasteiger partial charge is 0.242 e. The van der Waals surface area contributed by atoms with Gasteiger partial charge in [-0.05, 0) is 0 Å². The smallest absolute Gasteiger partial charge is 0.0831 e. The van der Waals surface area contributed by atoms with Gasteiger partial charge in [0.1, 0.15) is 0 Å². The molecule has 0 aliphatic heterocycles. The second kappa shape index (κ2) is 12.0. The molecule has 0 unspecified atom stereocenters. The van der Waals surface area contributed by atoms with E-state index >= 15 is 0 Å². The van der Waals surface area contributed by atoms with Crippen molar-refractivity contribution < 1.29 is 19.5 Å². The molecule has 0 aromatic rings. The number of hydrogen-bond donors (Lipinski definition) is 2. The summed E-state index contributed by atoms with van der Waals surface area (Å²) < 4.78 is 0. The molecule has 0 bridgehead atoms. The van der Waals surface area contributed by atoms with Crippen LogP contribution in [0.2, 0.25) is 0 Å². The molecular formula is CH2N2Zn. The van der Waals surface area contributed by atoms with Crippen molar-refractivity contribution in [3.63, 3.8) is 0 Å². The Morgan fingerprint density at radius 1 is 1.25 bits per heavy atom. The number of nitrogens with one attached hydrogen (secondary N) is 2. The molecule has 0 aliphatic carbocycles. The SMILES string of the molecule is N=C=N.[Zn]. The zero-order valence-corrected chi connectivity index (χ0v) is 5.17. The molecule has 0 aromatic heterocycles. The van der Waals surface area contributed by atoms with Gasteiger partial charge in [-0.1, -0.05) is 0 Å². The summed E-state index contributed by atoms with van der Waals surface area (Å²) in [6, 6.07) is 1.25. The summed E-state index contributed by atoms with van der Waals surface area (Å²) in [7, 11) is 0. The van der Waals surface area contributed by atoms with Gasteiger partial charge in [0, 0.05) is 19.5 Å². The van der Waals surface area contributed by atoms with E-state index in [9.17, 15) is 0 Å². The molecule has 0 amide bonds. The van der Waals surface area contributed by atoms with Crippen molar-refractivity contribution in [2.75, 3.05) is 0 Å². The maximum absolute atomic E-state index is 5.62. The standard InChI is InChI=1S/CH2N2.Zn/c2-1-3;/h2-3H;. The zero-order chi connectivity index (χ0) is 2.71. The van der Waals surface area contributed by atoms with E-state index < -0.39 is 0 Å². The van der Waals surface area contributed by atoms with Crippen LogP contribution in [0.3, 0.4) is 0 Å². The van der Waals surface area contributed by atoms with Crippen molar-refractivity contribution in [2.24, 2.45) is 0 Å². The Kier molecular flexibility index (Phi) is 26.9. The van der Waals surface area contributed by atoms with Crippen molar-refractivity contribution >= 4 is 6.01 Å². The van der Waals surface area contributed by atoms with Crippen molar-refractivity contribution in [3.8, 4) is 0 Å². The first-order valence-corrected chi connectivity index (χ1v) is 0.500. The summed E-state index contributed by atoms with van der Waals surface area (Å²) >= 11 is 0. The van der Waals surface area contributed by atoms with Crippen LogP contribution in [0.5, 0.6) is 0 Å². The summed E-state index contributed by atoms with van der Waals surface area (Å²) in [6.07, 6.45) is 0. The average molecular weight is 107 g/mol. The van der Waals surface area contributed by atoms with E-state index in [0.717, 1.165) is 0 Å². The van der Waals surface area contributed by atoms with Crippen molar-refractivity contribution in [2.45, 2.75) is 0 Å². The molecule has 0 saturated heterocycles. The fourth-order valence-corrected chi connectivity index (χ4v) is 0. The Hall–Kier alpha value is 0.00338. The van der Waals surface area contributed by atoms with E-state index in [2.05, 4.69) is 0 Å². The van der Waals surface area contributed by atoms with Crippen LogP contribution in [0.1, 0.15) is 0 Å². The Bertz CT molecular complexity index is 27.0. The third-order valence-corrected chi connectivity index (χ3v) is 0. The molecular weight excluding hydrogens is 105 g/mol. The van der Waals surface area contributed by atoms with Crippen LogP contribution >= 0.6 is 0 Å². The third kappa shape index (κ3) is 177000. The minimum absolute atomic E-state index is 0. The van der Waals surface area contributed by atoms with Crippen LogP contribution < -0.4 is 0 Å². The first kappa shape index (κ1) is 9.00. The van der Waals surface area contributed by atoms with Crippen LogP contribution in [0.15, 0.2) is 0 Å². The van der Waals surface area contributed by atoms with Crippen molar-refractivity contribution in [1.82, 2.24) is 0 Å². The summed E-state index contributed by atoms with van der Waals surface area (Å²) in [6.45, 7) is 0.